The molecule has 1 heterocycles. The van der Waals surface area contributed by atoms with Crippen LogP contribution in [0, 0.1) is 19.9 Å². The molecule has 0 aliphatic heterocycles. The first-order chi connectivity index (χ1) is 12.4. The van der Waals surface area contributed by atoms with Gasteiger partial charge in [-0.3, -0.25) is 4.79 Å². The molecule has 0 bridgehead atoms. The first kappa shape index (κ1) is 23.2. The van der Waals surface area contributed by atoms with Crippen LogP contribution in [0.5, 0.6) is 0 Å². The predicted octanol–water partition coefficient (Wildman–Crippen LogP) is 2.27. The fraction of sp³-hybridized carbons (Fsp3) is 0.471. The molecule has 0 N–H and O–H groups in total. The maximum Gasteiger partial charge on any atom is 0.510 e. The molecule has 143 valence electrons. The zero-order valence-electron chi connectivity index (χ0n) is 16.1. The summed E-state index contributed by atoms with van der Waals surface area (Å²) in [6.07, 6.45) is -1.85. The van der Waals surface area contributed by atoms with Gasteiger partial charge in [0.05, 0.1) is 6.61 Å². The number of anilines is 1. The monoisotopic (exact) mass is 449 g/mol. The first-order valence-corrected chi connectivity index (χ1v) is 8.31. The molecule has 1 unspecified atom stereocenters. The van der Waals surface area contributed by atoms with Gasteiger partial charge in [-0.05, 0) is 31.2 Å². The molecule has 0 aliphatic carbocycles. The van der Waals surface area contributed by atoms with Crippen molar-refractivity contribution in [3.63, 3.8) is 0 Å². The Balaban J connectivity index is 0.00000364. The Hall–Kier alpha value is -1.87. The number of benzene rings is 1. The van der Waals surface area contributed by atoms with Crippen molar-refractivity contribution in [3.8, 4) is 0 Å². The number of amides is 1. The number of nitrogens with zero attached hydrogens (tertiary/aromatic N) is 5. The van der Waals surface area contributed by atoms with E-state index in [1.54, 1.807) is 32.9 Å². The molecule has 1 aromatic heterocycles. The molecule has 27 heavy (non-hydrogen) atoms. The topological polar surface area (TPSA) is 99.4 Å². The summed E-state index contributed by atoms with van der Waals surface area (Å²) in [7, 11) is 0. The number of hydrogen-bond donors (Lipinski definition) is 0. The summed E-state index contributed by atoms with van der Waals surface area (Å²) in [4.78, 5) is 26.1. The van der Waals surface area contributed by atoms with Gasteiger partial charge in [-0.15, -0.1) is 0 Å². The van der Waals surface area contributed by atoms with E-state index in [1.165, 1.54) is 9.58 Å². The average Bonchev–Trinajstić information content (AvgIpc) is 3.03. The van der Waals surface area contributed by atoms with Crippen LogP contribution >= 0.6 is 0 Å². The van der Waals surface area contributed by atoms with Crippen molar-refractivity contribution in [3.05, 3.63) is 34.9 Å². The maximum atomic E-state index is 13.2. The summed E-state index contributed by atoms with van der Waals surface area (Å²) in [5, 5.41) is 11.4. The van der Waals surface area contributed by atoms with Gasteiger partial charge in [-0.2, -0.15) is 29.3 Å². The molecule has 0 fully saturated rings. The zero-order valence-corrected chi connectivity index (χ0v) is 18.9. The Labute approximate surface area is 183 Å². The van der Waals surface area contributed by atoms with Gasteiger partial charge >= 0.3 is 6.16 Å². The van der Waals surface area contributed by atoms with Gasteiger partial charge in [-0.25, -0.2) is 14.4 Å². The Morgan fingerprint density at radius 3 is 2.59 bits per heavy atom. The normalized spacial score (nSPS) is 11.3. The molecular formula is C17H22N5O4Y-. The number of tetrazole rings is 1. The van der Waals surface area contributed by atoms with Gasteiger partial charge in [-0.1, -0.05) is 24.5 Å². The van der Waals surface area contributed by atoms with Crippen LogP contribution in [-0.4, -0.2) is 45.1 Å². The summed E-state index contributed by atoms with van der Waals surface area (Å²) in [5.74, 6) is -0.227. The van der Waals surface area contributed by atoms with Crippen LogP contribution < -0.4 is 4.90 Å². The van der Waals surface area contributed by atoms with Crippen LogP contribution in [0.4, 0.5) is 10.7 Å². The van der Waals surface area contributed by atoms with Crippen LogP contribution in [0.25, 0.3) is 0 Å². The number of carbonyl (C=O) groups excluding carboxylic acids is 2. The van der Waals surface area contributed by atoms with Gasteiger partial charge in [0.25, 0.3) is 5.95 Å². The molecule has 1 radical (unpaired) electrons. The standard InChI is InChI=1S/C17H22N5O4.Y/c1-6-21-16(18-19-20-21)22(13(5)26-17(24)25-7-2)15(23)14-9-8-11(3)10-12(14)4;/h8-9,13H,6-7H2,1-5H3;/q-1;. The van der Waals surface area contributed by atoms with Crippen molar-refractivity contribution in [2.75, 3.05) is 11.5 Å². The van der Waals surface area contributed by atoms with Crippen molar-refractivity contribution >= 4 is 18.0 Å². The van der Waals surface area contributed by atoms with E-state index in [4.69, 9.17) is 9.47 Å². The van der Waals surface area contributed by atoms with E-state index in [0.29, 0.717) is 17.7 Å². The Bertz CT molecular complexity index is 795. The van der Waals surface area contributed by atoms with Crippen LogP contribution in [0.3, 0.4) is 0 Å². The summed E-state index contributed by atoms with van der Waals surface area (Å²) in [6, 6.07) is 6.60. The number of ether oxygens (including phenoxy) is 2. The summed E-state index contributed by atoms with van der Waals surface area (Å²) in [5.41, 5.74) is 2.01. The Morgan fingerprint density at radius 2 is 2.00 bits per heavy atom. The molecule has 9 nitrogen and oxygen atoms in total. The van der Waals surface area contributed by atoms with E-state index >= 15 is 0 Å². The molecule has 2 rings (SSSR count). The second-order valence-corrected chi connectivity index (χ2v) is 5.55. The summed E-state index contributed by atoms with van der Waals surface area (Å²) < 4.78 is 11.4. The van der Waals surface area contributed by atoms with Crippen LogP contribution in [0.2, 0.25) is 0 Å². The minimum Gasteiger partial charge on any atom is -0.435 e. The fourth-order valence-corrected chi connectivity index (χ4v) is 2.44. The van der Waals surface area contributed by atoms with E-state index in [2.05, 4.69) is 21.6 Å². The number of rotatable bonds is 6. The molecule has 10 heteroatoms. The Morgan fingerprint density at radius 1 is 1.30 bits per heavy atom. The molecule has 0 spiro atoms. The average molecular weight is 449 g/mol. The quantitative estimate of drug-likeness (QED) is 0.379. The van der Waals surface area contributed by atoms with E-state index in [9.17, 15) is 9.59 Å². The predicted molar refractivity (Wildman–Crippen MR) is 92.6 cm³/mol. The van der Waals surface area contributed by atoms with E-state index in [-0.39, 0.29) is 45.3 Å². The van der Waals surface area contributed by atoms with Gasteiger partial charge < -0.3 is 9.47 Å². The van der Waals surface area contributed by atoms with Crippen molar-refractivity contribution < 1.29 is 51.8 Å². The van der Waals surface area contributed by atoms with E-state index in [0.717, 1.165) is 5.56 Å². The number of aryl methyl sites for hydroxylation is 3. The third kappa shape index (κ3) is 5.56. The third-order valence-corrected chi connectivity index (χ3v) is 3.66. The molecule has 1 aromatic carbocycles. The van der Waals surface area contributed by atoms with E-state index < -0.39 is 18.3 Å². The molecule has 0 saturated carbocycles. The zero-order chi connectivity index (χ0) is 19.3. The van der Waals surface area contributed by atoms with Crippen molar-refractivity contribution in [1.29, 1.82) is 0 Å². The second kappa shape index (κ2) is 10.5. The Kier molecular flexibility index (Phi) is 8.98. The maximum absolute atomic E-state index is 13.2. The number of aromatic nitrogens is 4. The largest absolute Gasteiger partial charge is 0.510 e. The number of carbonyl (C=O) groups is 2. The van der Waals surface area contributed by atoms with E-state index in [1.807, 2.05) is 13.8 Å². The second-order valence-electron chi connectivity index (χ2n) is 5.55. The van der Waals surface area contributed by atoms with Crippen molar-refractivity contribution in [2.24, 2.45) is 0 Å². The molecule has 0 aliphatic rings. The number of hydrogen-bond acceptors (Lipinski definition) is 7. The summed E-state index contributed by atoms with van der Waals surface area (Å²) in [6.45, 7) is 9.34. The van der Waals surface area contributed by atoms with Gasteiger partial charge in [0, 0.05) is 39.3 Å². The van der Waals surface area contributed by atoms with Crippen molar-refractivity contribution in [2.45, 2.75) is 47.4 Å². The third-order valence-electron chi connectivity index (χ3n) is 3.66. The molecule has 2 aromatic rings. The van der Waals surface area contributed by atoms with Gasteiger partial charge in [0.1, 0.15) is 0 Å². The van der Waals surface area contributed by atoms with Crippen LogP contribution in [0.15, 0.2) is 12.1 Å². The minimum absolute atomic E-state index is 0. The van der Waals surface area contributed by atoms with Gasteiger partial charge in [0.2, 0.25) is 5.91 Å². The first-order valence-electron chi connectivity index (χ1n) is 8.31. The molecule has 1 atom stereocenters. The fourth-order valence-electron chi connectivity index (χ4n) is 2.44. The SMILES string of the molecule is CCOC(=O)OC(C)N(C(=O)c1ccc(C)[c-]c1C)c1nnnn1CC.[Y]. The minimum atomic E-state index is -0.974. The molecule has 0 saturated heterocycles. The molecule has 1 amide bonds. The smallest absolute Gasteiger partial charge is 0.435 e. The summed E-state index contributed by atoms with van der Waals surface area (Å²) >= 11 is 0. The van der Waals surface area contributed by atoms with Crippen LogP contribution in [0.1, 0.15) is 42.3 Å². The van der Waals surface area contributed by atoms with Crippen LogP contribution in [-0.2, 0) is 48.7 Å². The molecular weight excluding hydrogens is 427 g/mol. The van der Waals surface area contributed by atoms with Crippen molar-refractivity contribution in [1.82, 2.24) is 20.2 Å². The van der Waals surface area contributed by atoms with Gasteiger partial charge in [0.15, 0.2) is 6.23 Å².